The van der Waals surface area contributed by atoms with Gasteiger partial charge < -0.3 is 308 Å². The first kappa shape index (κ1) is 3600. The number of hydrogen-bond acceptors (Lipinski definition) is 0. The third kappa shape index (κ3) is 3340. The molecule has 400 valence electrons. The van der Waals surface area contributed by atoms with Gasteiger partial charge in [0.05, 0.1) is 0 Å². The van der Waals surface area contributed by atoms with Crippen LogP contribution in [-0.2, 0) is 434 Å². The summed E-state index contributed by atoms with van der Waals surface area (Å²) < 4.78 is 0. The van der Waals surface area contributed by atoms with Crippen molar-refractivity contribution in [3.8, 4) is 0 Å². The van der Waals surface area contributed by atoms with Crippen LogP contribution in [0.4, 0.5) is 0 Å². The Hall–Kier alpha value is 12.3. The van der Waals surface area contributed by atoms with Crippen LogP contribution in [0.25, 0.3) is 308 Å². The van der Waals surface area contributed by atoms with Crippen molar-refractivity contribution in [1.82, 2.24) is 0 Å². The zero-order valence-electron chi connectivity index (χ0n) is 32.4. The topological polar surface area (TPSA) is 1520 Å². The molecule has 70 heavy (non-hydrogen) atoms. The summed E-state index contributed by atoms with van der Waals surface area (Å²) in [6.45, 7) is 0. The van der Waals surface area contributed by atoms with E-state index in [-0.39, 0.29) is 742 Å². The van der Waals surface area contributed by atoms with Gasteiger partial charge in [-0.15, -0.1) is 0 Å². The molecule has 0 atom stereocenters. The molecule has 0 rings (SSSR count). The largest absolute Gasteiger partial charge is 4.00 e. The van der Waals surface area contributed by atoms with Gasteiger partial charge in [-0.1, -0.05) is 0 Å². The second kappa shape index (κ2) is 3470. The maximum absolute atomic E-state index is 0. The molecule has 0 N–H and O–H groups in total. The summed E-state index contributed by atoms with van der Waals surface area (Å²) in [5, 5.41) is 0. The molecule has 0 aliphatic heterocycles. The Kier molecular flexibility index (Phi) is 179000. The molecular formula is N50Ti20-70. The van der Waals surface area contributed by atoms with Crippen molar-refractivity contribution < 1.29 is 434 Å². The van der Waals surface area contributed by atoms with Crippen molar-refractivity contribution in [2.24, 2.45) is 0 Å². The Morgan fingerprint density at radius 1 is 0.0286 bits per heavy atom. The second-order valence-corrected chi connectivity index (χ2v) is 0. The van der Waals surface area contributed by atoms with Crippen LogP contribution in [0.3, 0.4) is 0 Å². The van der Waals surface area contributed by atoms with Crippen LogP contribution in [0, 0.1) is 0 Å². The fraction of sp³-hybridized carbons (Fsp3) is 0. The molecule has 0 spiro atoms. The summed E-state index contributed by atoms with van der Waals surface area (Å²) in [6, 6.07) is 0. The van der Waals surface area contributed by atoms with Crippen LogP contribution in [0.2, 0.25) is 0 Å². The van der Waals surface area contributed by atoms with Gasteiger partial charge in [0, 0.05) is 0 Å². The van der Waals surface area contributed by atoms with Gasteiger partial charge in [-0.3, -0.25) is 0 Å². The van der Waals surface area contributed by atoms with Crippen molar-refractivity contribution in [2.45, 2.75) is 0 Å². The molecule has 0 aliphatic rings. The van der Waals surface area contributed by atoms with E-state index < -0.39 is 0 Å². The smallest absolute Gasteiger partial charge is 3.00 e. The van der Waals surface area contributed by atoms with Crippen molar-refractivity contribution in [3.63, 3.8) is 0 Å². The van der Waals surface area contributed by atoms with Gasteiger partial charge >= 0.3 is 434 Å². The van der Waals surface area contributed by atoms with Gasteiger partial charge in [-0.2, -0.15) is 0 Å². The summed E-state index contributed by atoms with van der Waals surface area (Å²) in [7, 11) is 0. The van der Waals surface area contributed by atoms with E-state index >= 15 is 0 Å². The molecule has 0 saturated carbocycles. The Bertz CT molecular complexity index is 60.4. The molecule has 0 radical (unpaired) electrons. The van der Waals surface area contributed by atoms with Crippen LogP contribution in [0.1, 0.15) is 0 Å². The Morgan fingerprint density at radius 2 is 0.0286 bits per heavy atom. The number of nitrogens with zero attached hydrogens (tertiary/aromatic N) is 50. The minimum atomic E-state index is 0. The van der Waals surface area contributed by atoms with E-state index in [1.54, 1.807) is 0 Å². The van der Waals surface area contributed by atoms with Gasteiger partial charge in [-0.25, -0.2) is 0 Å². The number of hydrogen-bond donors (Lipinski definition) is 0. The maximum atomic E-state index is 0. The first-order chi connectivity index (χ1) is 0. The quantitative estimate of drug-likeness (QED) is 0.204. The summed E-state index contributed by atoms with van der Waals surface area (Å²) >= 11 is 0. The van der Waals surface area contributed by atoms with Crippen molar-refractivity contribution in [1.29, 1.82) is 0 Å². The Morgan fingerprint density at radius 3 is 0.0286 bits per heavy atom. The Labute approximate surface area is 728 Å². The SMILES string of the molecule is [N-3].[N-3].[N-3].[N-3].[N-3].[N-3].[N-3].[N-3].[N-3].[N-3].[N-3].[N-3].[N-3].[N-3].[N-3].[N-3].[N-3].[N-3].[N-3].[N-3].[N-3].[N-3].[N-3].[N-3].[N-3].[N-3].[N-3].[N-3].[N-3].[N-3].[N-3].[N-3].[N-3].[N-3].[N-3].[N-3].[N-3].[N-3].[N-3].[N-3].[N-3].[N-3].[N-3].[N-3].[N-3].[N-3].[N-3].[N-3].[N-3].[N-3].[Ti+4].[Ti+4].[Ti+4].[Ti+4].[Ti+4].[Ti+4].[Ti+4].[Ti+4].[Ti+4].[Ti+4].[Ti+4].[Ti+4].[Ti+4].[Ti+4].[Ti+4].[Ti+4].[Ti+4].[Ti+4].[Ti+4].[Ti+4]. The summed E-state index contributed by atoms with van der Waals surface area (Å²) in [4.78, 5) is 0. The van der Waals surface area contributed by atoms with Gasteiger partial charge in [0.2, 0.25) is 0 Å². The maximum Gasteiger partial charge on any atom is 4.00 e. The van der Waals surface area contributed by atoms with Crippen LogP contribution in [0.15, 0.2) is 0 Å². The first-order valence-electron chi connectivity index (χ1n) is 0. The third-order valence-corrected chi connectivity index (χ3v) is 0. The van der Waals surface area contributed by atoms with Gasteiger partial charge in [0.1, 0.15) is 0 Å². The van der Waals surface area contributed by atoms with Crippen LogP contribution in [-0.4, -0.2) is 0 Å². The molecule has 0 aromatic heterocycles. The zero-order valence-corrected chi connectivity index (χ0v) is 63.6. The fourth-order valence-electron chi connectivity index (χ4n) is 0. The van der Waals surface area contributed by atoms with Gasteiger partial charge in [0.25, 0.3) is 0 Å². The molecule has 0 aliphatic carbocycles. The van der Waals surface area contributed by atoms with Crippen molar-refractivity contribution >= 4 is 0 Å². The van der Waals surface area contributed by atoms with Crippen molar-refractivity contribution in [2.75, 3.05) is 0 Å². The molecule has 0 amide bonds. The summed E-state index contributed by atoms with van der Waals surface area (Å²) in [6.07, 6.45) is 0. The van der Waals surface area contributed by atoms with E-state index in [1.165, 1.54) is 0 Å². The minimum absolute atomic E-state index is 0. The van der Waals surface area contributed by atoms with Gasteiger partial charge in [-0.05, 0) is 0 Å². The summed E-state index contributed by atoms with van der Waals surface area (Å²) in [5.74, 6) is 0. The molecule has 0 unspecified atom stereocenters. The van der Waals surface area contributed by atoms with Crippen LogP contribution < -0.4 is 0 Å². The van der Waals surface area contributed by atoms with E-state index in [4.69, 9.17) is 0 Å². The minimum Gasteiger partial charge on any atom is -3.00 e. The Balaban J connectivity index is 0. The van der Waals surface area contributed by atoms with E-state index in [1.807, 2.05) is 0 Å². The monoisotopic (exact) mass is 1660 g/mol. The fourth-order valence-corrected chi connectivity index (χ4v) is 0. The second-order valence-electron chi connectivity index (χ2n) is 0. The first-order valence-corrected chi connectivity index (χ1v) is 0. The van der Waals surface area contributed by atoms with E-state index in [0.29, 0.717) is 0 Å². The molecule has 0 heterocycles. The van der Waals surface area contributed by atoms with Gasteiger partial charge in [0.15, 0.2) is 0 Å². The molecule has 0 saturated heterocycles. The molecule has 0 aromatic rings. The standard InChI is InChI=1S/50N.20Ti/q50*-3;20*+4. The van der Waals surface area contributed by atoms with E-state index in [0.717, 1.165) is 0 Å². The van der Waals surface area contributed by atoms with Crippen molar-refractivity contribution in [3.05, 3.63) is 308 Å². The summed E-state index contributed by atoms with van der Waals surface area (Å²) in [5.41, 5.74) is 0. The van der Waals surface area contributed by atoms with E-state index in [9.17, 15) is 0 Å². The van der Waals surface area contributed by atoms with Crippen LogP contribution in [0.5, 0.6) is 0 Å². The molecule has 0 fully saturated rings. The molecular weight excluding hydrogens is 1660 g/mol. The average molecular weight is 1660 g/mol. The molecule has 0 aromatic carbocycles. The third-order valence-electron chi connectivity index (χ3n) is 0. The average Bonchev–Trinajstić information content (AvgIpc) is 0. The molecule has 70 heteroatoms. The normalized spacial score (nSPS) is 0. The molecule has 0 bridgehead atoms. The molecule has 50 nitrogen and oxygen atoms in total. The predicted octanol–water partition coefficient (Wildman–Crippen LogP) is 14.4. The van der Waals surface area contributed by atoms with Crippen LogP contribution >= 0.6 is 0 Å². The predicted molar refractivity (Wildman–Crippen MR) is 168 cm³/mol. The number of rotatable bonds is 0. The zero-order chi connectivity index (χ0) is 0. The van der Waals surface area contributed by atoms with E-state index in [2.05, 4.69) is 0 Å².